The van der Waals surface area contributed by atoms with Crippen LogP contribution in [0.25, 0.3) is 11.0 Å². The van der Waals surface area contributed by atoms with Crippen molar-refractivity contribution in [1.29, 1.82) is 0 Å². The van der Waals surface area contributed by atoms with Crippen LogP contribution in [0.2, 0.25) is 0 Å². The summed E-state index contributed by atoms with van der Waals surface area (Å²) in [7, 11) is 0. The molecule has 4 aromatic rings. The molecule has 0 radical (unpaired) electrons. The second-order valence-corrected chi connectivity index (χ2v) is 8.09. The molecule has 9 heteroatoms. The van der Waals surface area contributed by atoms with Crippen LogP contribution in [0.5, 0.6) is 11.6 Å². The summed E-state index contributed by atoms with van der Waals surface area (Å²) in [4.78, 5) is 15.4. The number of likely N-dealkylation sites (tertiary alicyclic amines) is 1. The van der Waals surface area contributed by atoms with Crippen molar-refractivity contribution in [2.24, 2.45) is 0 Å². The summed E-state index contributed by atoms with van der Waals surface area (Å²) in [5, 5.41) is 11.4. The minimum atomic E-state index is 0.425. The number of anilines is 2. The lowest BCUT2D eigenvalue weighted by Crippen LogP contribution is -2.25. The Kier molecular flexibility index (Phi) is 6.30. The predicted octanol–water partition coefficient (Wildman–Crippen LogP) is 3.85. The van der Waals surface area contributed by atoms with Gasteiger partial charge in [-0.2, -0.15) is 0 Å². The second kappa shape index (κ2) is 9.83. The van der Waals surface area contributed by atoms with Crippen LogP contribution < -0.4 is 14.8 Å². The van der Waals surface area contributed by atoms with E-state index in [1.807, 2.05) is 43.3 Å². The van der Waals surface area contributed by atoms with Gasteiger partial charge in [-0.15, -0.1) is 5.10 Å². The molecule has 0 amide bonds. The number of fused-ring (bicyclic) bond motifs is 1. The van der Waals surface area contributed by atoms with Crippen molar-refractivity contribution in [2.45, 2.75) is 26.4 Å². The fourth-order valence-corrected chi connectivity index (χ4v) is 3.97. The molecule has 4 heterocycles. The Hall–Kier alpha value is -3.72. The van der Waals surface area contributed by atoms with E-state index in [4.69, 9.17) is 9.47 Å². The molecule has 3 aromatic heterocycles. The first-order chi connectivity index (χ1) is 16.3. The molecule has 1 saturated heterocycles. The van der Waals surface area contributed by atoms with E-state index >= 15 is 0 Å². The highest BCUT2D eigenvalue weighted by Gasteiger charge is 2.16. The lowest BCUT2D eigenvalue weighted by atomic mass is 10.2. The third-order valence-corrected chi connectivity index (χ3v) is 5.71. The molecule has 1 aliphatic heterocycles. The molecule has 0 bridgehead atoms. The Labute approximate surface area is 192 Å². The van der Waals surface area contributed by atoms with Crippen molar-refractivity contribution in [3.8, 4) is 11.6 Å². The van der Waals surface area contributed by atoms with Crippen molar-refractivity contribution >= 4 is 22.5 Å². The Morgan fingerprint density at radius 3 is 2.79 bits per heavy atom. The van der Waals surface area contributed by atoms with Crippen LogP contribution in [0, 0.1) is 6.92 Å². The molecule has 0 atom stereocenters. The van der Waals surface area contributed by atoms with Gasteiger partial charge in [0, 0.05) is 18.4 Å². The zero-order valence-corrected chi connectivity index (χ0v) is 18.6. The molecular formula is C24H27N7O2. The van der Waals surface area contributed by atoms with Crippen LogP contribution in [0.15, 0.2) is 48.9 Å². The highest BCUT2D eigenvalue weighted by molar-refractivity contribution is 5.92. The summed E-state index contributed by atoms with van der Waals surface area (Å²) >= 11 is 0. The number of hydrogen-bond acceptors (Lipinski definition) is 8. The van der Waals surface area contributed by atoms with Crippen LogP contribution in [-0.4, -0.2) is 56.3 Å². The van der Waals surface area contributed by atoms with Crippen molar-refractivity contribution < 1.29 is 9.47 Å². The van der Waals surface area contributed by atoms with Crippen LogP contribution >= 0.6 is 0 Å². The average Bonchev–Trinajstić information content (AvgIpc) is 3.50. The number of nitrogens with zero attached hydrogens (tertiary/aromatic N) is 5. The monoisotopic (exact) mass is 445 g/mol. The summed E-state index contributed by atoms with van der Waals surface area (Å²) < 4.78 is 11.9. The van der Waals surface area contributed by atoms with Crippen molar-refractivity contribution in [1.82, 2.24) is 30.0 Å². The van der Waals surface area contributed by atoms with Gasteiger partial charge < -0.3 is 14.8 Å². The van der Waals surface area contributed by atoms with Gasteiger partial charge in [0.05, 0.1) is 5.69 Å². The van der Waals surface area contributed by atoms with Gasteiger partial charge in [0.1, 0.15) is 36.5 Å². The van der Waals surface area contributed by atoms with Crippen LogP contribution in [0.1, 0.15) is 24.1 Å². The molecule has 0 spiro atoms. The summed E-state index contributed by atoms with van der Waals surface area (Å²) in [6.45, 7) is 6.19. The fourth-order valence-electron chi connectivity index (χ4n) is 3.97. The van der Waals surface area contributed by atoms with E-state index < -0.39 is 0 Å². The normalized spacial score (nSPS) is 14.0. The molecule has 33 heavy (non-hydrogen) atoms. The second-order valence-electron chi connectivity index (χ2n) is 8.09. The molecule has 0 unspecified atom stereocenters. The van der Waals surface area contributed by atoms with Gasteiger partial charge >= 0.3 is 0 Å². The Balaban J connectivity index is 1.28. The van der Waals surface area contributed by atoms with E-state index in [-0.39, 0.29) is 0 Å². The third kappa shape index (κ3) is 5.04. The molecular weight excluding hydrogens is 418 g/mol. The number of benzene rings is 1. The van der Waals surface area contributed by atoms with Gasteiger partial charge in [-0.1, -0.05) is 6.07 Å². The molecule has 1 aromatic carbocycles. The van der Waals surface area contributed by atoms with Crippen LogP contribution in [0.4, 0.5) is 11.5 Å². The van der Waals surface area contributed by atoms with Crippen molar-refractivity contribution in [2.75, 3.05) is 31.6 Å². The van der Waals surface area contributed by atoms with Crippen molar-refractivity contribution in [3.63, 3.8) is 0 Å². The lowest BCUT2D eigenvalue weighted by molar-refractivity contribution is 0.233. The number of pyridine rings is 1. The smallest absolute Gasteiger partial charge is 0.246 e. The molecule has 170 valence electrons. The van der Waals surface area contributed by atoms with Gasteiger partial charge in [-0.25, -0.2) is 9.97 Å². The summed E-state index contributed by atoms with van der Waals surface area (Å²) in [5.74, 6) is 1.97. The maximum absolute atomic E-state index is 5.99. The number of aromatic amines is 1. The number of aryl methyl sites for hydroxylation is 1. The number of H-pyrrole nitrogens is 1. The zero-order chi connectivity index (χ0) is 22.5. The van der Waals surface area contributed by atoms with Crippen molar-refractivity contribution in [3.05, 3.63) is 60.2 Å². The molecule has 2 N–H and O–H groups in total. The van der Waals surface area contributed by atoms with E-state index in [2.05, 4.69) is 35.4 Å². The number of nitrogens with one attached hydrogen (secondary N) is 2. The van der Waals surface area contributed by atoms with E-state index in [0.29, 0.717) is 30.6 Å². The van der Waals surface area contributed by atoms with E-state index in [0.717, 1.165) is 47.7 Å². The van der Waals surface area contributed by atoms with Gasteiger partial charge in [0.2, 0.25) is 5.88 Å². The maximum atomic E-state index is 5.99. The highest BCUT2D eigenvalue weighted by Crippen LogP contribution is 2.31. The van der Waals surface area contributed by atoms with E-state index in [1.54, 1.807) is 6.20 Å². The van der Waals surface area contributed by atoms with Gasteiger partial charge in [-0.3, -0.25) is 15.0 Å². The number of rotatable bonds is 9. The van der Waals surface area contributed by atoms with Crippen LogP contribution in [0.3, 0.4) is 0 Å². The van der Waals surface area contributed by atoms with E-state index in [9.17, 15) is 0 Å². The SMILES string of the molecule is Cc1cc(Nc2ncnc3[nH]nc(OCCN4CCCC4)c23)ccc1OCc1ccccn1. The Bertz CT molecular complexity index is 1210. The van der Waals surface area contributed by atoms with Gasteiger partial charge in [-0.05, 0) is 68.8 Å². The zero-order valence-electron chi connectivity index (χ0n) is 18.6. The molecule has 5 rings (SSSR count). The van der Waals surface area contributed by atoms with Gasteiger partial charge in [0.25, 0.3) is 0 Å². The maximum Gasteiger partial charge on any atom is 0.246 e. The quantitative estimate of drug-likeness (QED) is 0.401. The predicted molar refractivity (Wildman–Crippen MR) is 126 cm³/mol. The molecule has 1 fully saturated rings. The number of ether oxygens (including phenoxy) is 2. The minimum absolute atomic E-state index is 0.425. The third-order valence-electron chi connectivity index (χ3n) is 5.71. The largest absolute Gasteiger partial charge is 0.487 e. The fraction of sp³-hybridized carbons (Fsp3) is 0.333. The summed E-state index contributed by atoms with van der Waals surface area (Å²) in [5.41, 5.74) is 3.42. The summed E-state index contributed by atoms with van der Waals surface area (Å²) in [6.07, 6.45) is 5.80. The van der Waals surface area contributed by atoms with Crippen LogP contribution in [-0.2, 0) is 6.61 Å². The lowest BCUT2D eigenvalue weighted by Gasteiger charge is -2.14. The highest BCUT2D eigenvalue weighted by atomic mass is 16.5. The van der Waals surface area contributed by atoms with Gasteiger partial charge in [0.15, 0.2) is 5.65 Å². The first kappa shape index (κ1) is 21.1. The Morgan fingerprint density at radius 2 is 1.97 bits per heavy atom. The topological polar surface area (TPSA) is 101 Å². The number of hydrogen-bond donors (Lipinski definition) is 2. The number of aromatic nitrogens is 5. The standard InChI is InChI=1S/C24H27N7O2/c1-17-14-18(7-8-20(17)33-15-19-6-2-3-9-25-19)28-22-21-23(27-16-26-22)29-30-24(21)32-13-12-31-10-4-5-11-31/h2-3,6-9,14,16H,4-5,10-13,15H2,1H3,(H2,26,27,28,29,30). The summed E-state index contributed by atoms with van der Waals surface area (Å²) in [6, 6.07) is 11.7. The molecule has 9 nitrogen and oxygen atoms in total. The average molecular weight is 446 g/mol. The first-order valence-corrected chi connectivity index (χ1v) is 11.2. The first-order valence-electron chi connectivity index (χ1n) is 11.2. The minimum Gasteiger partial charge on any atom is -0.487 e. The molecule has 1 aliphatic rings. The molecule has 0 aliphatic carbocycles. The molecule has 0 saturated carbocycles. The Morgan fingerprint density at radius 1 is 1.06 bits per heavy atom. The van der Waals surface area contributed by atoms with E-state index in [1.165, 1.54) is 19.2 Å².